The van der Waals surface area contributed by atoms with Crippen LogP contribution in [0.3, 0.4) is 0 Å². The molecule has 0 spiro atoms. The number of carbonyl (C=O) groups is 2. The monoisotopic (exact) mass is 329 g/mol. The van der Waals surface area contributed by atoms with Crippen LogP contribution in [0.2, 0.25) is 0 Å². The lowest BCUT2D eigenvalue weighted by molar-refractivity contribution is -0.121. The Kier molecular flexibility index (Phi) is 4.71. The van der Waals surface area contributed by atoms with Crippen molar-refractivity contribution in [3.8, 4) is 0 Å². The highest BCUT2D eigenvalue weighted by atomic mass is 32.1. The smallest absolute Gasteiger partial charge is 0.263 e. The quantitative estimate of drug-likeness (QED) is 0.942. The van der Waals surface area contributed by atoms with E-state index in [4.69, 9.17) is 0 Å². The molecule has 0 bridgehead atoms. The molecule has 120 valence electrons. The molecule has 1 saturated heterocycles. The molecule has 3 heterocycles. The summed E-state index contributed by atoms with van der Waals surface area (Å²) in [5.74, 6) is 0.328. The fraction of sp³-hybridized carbons (Fsp3) is 0.353. The Bertz CT molecular complexity index is 682. The predicted molar refractivity (Wildman–Crippen MR) is 90.6 cm³/mol. The fourth-order valence-electron chi connectivity index (χ4n) is 2.70. The summed E-state index contributed by atoms with van der Waals surface area (Å²) in [6, 6.07) is 7.41. The normalized spacial score (nSPS) is 17.8. The van der Waals surface area contributed by atoms with Crippen LogP contribution in [0, 0.1) is 12.8 Å². The lowest BCUT2D eigenvalue weighted by Crippen LogP contribution is -2.43. The minimum atomic E-state index is -0.184. The number of anilines is 1. The number of hydrogen-bond acceptors (Lipinski definition) is 4. The second kappa shape index (κ2) is 6.91. The second-order valence-electron chi connectivity index (χ2n) is 5.78. The van der Waals surface area contributed by atoms with E-state index in [1.165, 1.54) is 11.3 Å². The number of thiophene rings is 1. The Morgan fingerprint density at radius 3 is 2.91 bits per heavy atom. The molecule has 1 aliphatic heterocycles. The van der Waals surface area contributed by atoms with Crippen LogP contribution in [0.25, 0.3) is 0 Å². The maximum atomic E-state index is 12.4. The van der Waals surface area contributed by atoms with Crippen molar-refractivity contribution in [3.05, 3.63) is 46.3 Å². The van der Waals surface area contributed by atoms with Crippen molar-refractivity contribution in [1.29, 1.82) is 0 Å². The molecule has 2 amide bonds. The Labute approximate surface area is 139 Å². The lowest BCUT2D eigenvalue weighted by atomic mass is 9.97. The van der Waals surface area contributed by atoms with Gasteiger partial charge in [-0.1, -0.05) is 12.1 Å². The minimum absolute atomic E-state index is 0.0194. The molecule has 1 N–H and O–H groups in total. The van der Waals surface area contributed by atoms with Gasteiger partial charge in [0.25, 0.3) is 5.91 Å². The molecular formula is C17H19N3O2S. The van der Waals surface area contributed by atoms with Gasteiger partial charge in [0.2, 0.25) is 5.91 Å². The van der Waals surface area contributed by atoms with Crippen molar-refractivity contribution in [2.75, 3.05) is 18.4 Å². The molecule has 1 unspecified atom stereocenters. The van der Waals surface area contributed by atoms with Gasteiger partial charge >= 0.3 is 0 Å². The van der Waals surface area contributed by atoms with Crippen LogP contribution in [0.15, 0.2) is 35.8 Å². The maximum absolute atomic E-state index is 12.4. The van der Waals surface area contributed by atoms with E-state index in [0.717, 1.165) is 23.3 Å². The zero-order chi connectivity index (χ0) is 16.2. The molecule has 2 aromatic rings. The largest absolute Gasteiger partial charge is 0.337 e. The van der Waals surface area contributed by atoms with Crippen LogP contribution >= 0.6 is 11.3 Å². The fourth-order valence-corrected chi connectivity index (χ4v) is 3.39. The summed E-state index contributed by atoms with van der Waals surface area (Å²) < 4.78 is 0. The number of likely N-dealkylation sites (tertiary alicyclic amines) is 1. The molecule has 0 saturated carbocycles. The van der Waals surface area contributed by atoms with Crippen molar-refractivity contribution >= 4 is 29.0 Å². The molecule has 5 nitrogen and oxygen atoms in total. The number of carbonyl (C=O) groups excluding carboxylic acids is 2. The molecule has 3 rings (SSSR count). The number of rotatable bonds is 3. The van der Waals surface area contributed by atoms with Gasteiger partial charge < -0.3 is 10.2 Å². The van der Waals surface area contributed by atoms with Crippen LogP contribution in [0.1, 0.15) is 28.1 Å². The topological polar surface area (TPSA) is 62.3 Å². The van der Waals surface area contributed by atoms with E-state index in [0.29, 0.717) is 18.9 Å². The first-order valence-corrected chi connectivity index (χ1v) is 8.58. The molecule has 0 aliphatic carbocycles. The second-order valence-corrected chi connectivity index (χ2v) is 6.73. The third-order valence-electron chi connectivity index (χ3n) is 3.97. The van der Waals surface area contributed by atoms with E-state index in [2.05, 4.69) is 10.3 Å². The van der Waals surface area contributed by atoms with Crippen molar-refractivity contribution < 1.29 is 9.59 Å². The number of piperidine rings is 1. The first-order valence-electron chi connectivity index (χ1n) is 7.70. The molecule has 2 aromatic heterocycles. The average molecular weight is 329 g/mol. The summed E-state index contributed by atoms with van der Waals surface area (Å²) in [6.07, 6.45) is 3.37. The predicted octanol–water partition coefficient (Wildman–Crippen LogP) is 2.94. The van der Waals surface area contributed by atoms with E-state index in [1.807, 2.05) is 30.5 Å². The highest BCUT2D eigenvalue weighted by Gasteiger charge is 2.29. The summed E-state index contributed by atoms with van der Waals surface area (Å²) in [5.41, 5.74) is 1.05. The Balaban J connectivity index is 1.62. The van der Waals surface area contributed by atoms with Crippen LogP contribution in [-0.2, 0) is 4.79 Å². The minimum Gasteiger partial charge on any atom is -0.337 e. The number of nitrogens with one attached hydrogen (secondary N) is 1. The molecule has 23 heavy (non-hydrogen) atoms. The van der Waals surface area contributed by atoms with Gasteiger partial charge in [-0.15, -0.1) is 11.3 Å². The van der Waals surface area contributed by atoms with E-state index in [9.17, 15) is 9.59 Å². The Morgan fingerprint density at radius 2 is 2.22 bits per heavy atom. The first kappa shape index (κ1) is 15.7. The number of pyridine rings is 1. The van der Waals surface area contributed by atoms with Gasteiger partial charge in [-0.2, -0.15) is 0 Å². The van der Waals surface area contributed by atoms with Crippen LogP contribution in [-0.4, -0.2) is 34.8 Å². The molecule has 1 fully saturated rings. The summed E-state index contributed by atoms with van der Waals surface area (Å²) in [4.78, 5) is 31.5. The number of hydrogen-bond donors (Lipinski definition) is 1. The SMILES string of the molecule is Cc1ccc(NC(=O)C2CCCN(C(=O)c3cccs3)C2)nc1. The van der Waals surface area contributed by atoms with Gasteiger partial charge in [0.05, 0.1) is 10.8 Å². The summed E-state index contributed by atoms with van der Waals surface area (Å²) in [6.45, 7) is 3.13. The van der Waals surface area contributed by atoms with Crippen molar-refractivity contribution in [2.24, 2.45) is 5.92 Å². The van der Waals surface area contributed by atoms with Gasteiger partial charge in [0, 0.05) is 19.3 Å². The van der Waals surface area contributed by atoms with E-state index < -0.39 is 0 Å². The van der Waals surface area contributed by atoms with Gasteiger partial charge in [-0.25, -0.2) is 4.98 Å². The molecule has 0 radical (unpaired) electrons. The van der Waals surface area contributed by atoms with Gasteiger partial charge in [-0.3, -0.25) is 9.59 Å². The van der Waals surface area contributed by atoms with Gasteiger partial charge in [0.1, 0.15) is 5.82 Å². The molecule has 1 aliphatic rings. The van der Waals surface area contributed by atoms with Crippen molar-refractivity contribution in [3.63, 3.8) is 0 Å². The van der Waals surface area contributed by atoms with Crippen LogP contribution in [0.4, 0.5) is 5.82 Å². The average Bonchev–Trinajstić information content (AvgIpc) is 3.11. The molecular weight excluding hydrogens is 310 g/mol. The number of nitrogens with zero attached hydrogens (tertiary/aromatic N) is 2. The maximum Gasteiger partial charge on any atom is 0.263 e. The zero-order valence-corrected chi connectivity index (χ0v) is 13.8. The van der Waals surface area contributed by atoms with E-state index >= 15 is 0 Å². The third kappa shape index (κ3) is 3.76. The Morgan fingerprint density at radius 1 is 1.35 bits per heavy atom. The Hall–Kier alpha value is -2.21. The van der Waals surface area contributed by atoms with Crippen LogP contribution in [0.5, 0.6) is 0 Å². The molecule has 1 atom stereocenters. The number of aromatic nitrogens is 1. The zero-order valence-electron chi connectivity index (χ0n) is 13.0. The summed E-state index contributed by atoms with van der Waals surface area (Å²) >= 11 is 1.44. The van der Waals surface area contributed by atoms with Crippen molar-refractivity contribution in [2.45, 2.75) is 19.8 Å². The van der Waals surface area contributed by atoms with Gasteiger partial charge in [-0.05, 0) is 42.8 Å². The first-order chi connectivity index (χ1) is 11.1. The molecule has 6 heteroatoms. The summed E-state index contributed by atoms with van der Waals surface area (Å²) in [5, 5.41) is 4.74. The van der Waals surface area contributed by atoms with Crippen molar-refractivity contribution in [1.82, 2.24) is 9.88 Å². The number of amides is 2. The number of aryl methyl sites for hydroxylation is 1. The van der Waals surface area contributed by atoms with Gasteiger partial charge in [0.15, 0.2) is 0 Å². The van der Waals surface area contributed by atoms with E-state index in [-0.39, 0.29) is 17.7 Å². The lowest BCUT2D eigenvalue weighted by Gasteiger charge is -2.31. The molecule has 0 aromatic carbocycles. The van der Waals surface area contributed by atoms with Crippen LogP contribution < -0.4 is 5.32 Å². The highest BCUT2D eigenvalue weighted by Crippen LogP contribution is 2.21. The van der Waals surface area contributed by atoms with E-state index in [1.54, 1.807) is 17.2 Å². The highest BCUT2D eigenvalue weighted by molar-refractivity contribution is 7.12. The summed E-state index contributed by atoms with van der Waals surface area (Å²) in [7, 11) is 0. The standard InChI is InChI=1S/C17H19N3O2S/c1-12-6-7-15(18-10-12)19-16(21)13-4-2-8-20(11-13)17(22)14-5-3-9-23-14/h3,5-7,9-10,13H,2,4,8,11H2,1H3,(H,18,19,21). The third-order valence-corrected chi connectivity index (χ3v) is 4.83.